The van der Waals surface area contributed by atoms with E-state index in [-0.39, 0.29) is 18.1 Å². The van der Waals surface area contributed by atoms with Gasteiger partial charge >= 0.3 is 5.97 Å². The second-order valence-corrected chi connectivity index (χ2v) is 4.20. The lowest BCUT2D eigenvalue weighted by molar-refractivity contribution is -0.385. The molecule has 0 heterocycles. The van der Waals surface area contributed by atoms with Crippen LogP contribution in [-0.2, 0) is 16.1 Å². The first-order chi connectivity index (χ1) is 9.04. The number of halogens is 1. The van der Waals surface area contributed by atoms with Crippen molar-refractivity contribution in [1.29, 1.82) is 0 Å². The monoisotopic (exact) mass is 286 g/mol. The maximum absolute atomic E-state index is 11.1. The first-order valence-corrected chi connectivity index (χ1v) is 6.21. The van der Waals surface area contributed by atoms with Gasteiger partial charge in [-0.25, -0.2) is 0 Å². The van der Waals surface area contributed by atoms with Crippen molar-refractivity contribution < 1.29 is 14.5 Å². The highest BCUT2D eigenvalue weighted by Crippen LogP contribution is 2.22. The number of ether oxygens (including phenoxy) is 1. The van der Waals surface area contributed by atoms with Crippen molar-refractivity contribution in [2.24, 2.45) is 0 Å². The third kappa shape index (κ3) is 5.23. The number of esters is 1. The quantitative estimate of drug-likeness (QED) is 0.360. The zero-order valence-electron chi connectivity index (χ0n) is 10.5. The van der Waals surface area contributed by atoms with E-state index in [2.05, 4.69) is 5.32 Å². The van der Waals surface area contributed by atoms with Gasteiger partial charge in [0.05, 0.1) is 18.0 Å². The van der Waals surface area contributed by atoms with Crippen molar-refractivity contribution in [3.05, 3.63) is 38.9 Å². The summed E-state index contributed by atoms with van der Waals surface area (Å²) in [5.41, 5.74) is 0.495. The number of nitrogens with zero attached hydrogens (tertiary/aromatic N) is 1. The summed E-state index contributed by atoms with van der Waals surface area (Å²) in [6.45, 7) is 2.79. The van der Waals surface area contributed by atoms with Crippen LogP contribution in [0, 0.1) is 10.1 Å². The molecule has 6 nitrogen and oxygen atoms in total. The van der Waals surface area contributed by atoms with Gasteiger partial charge in [-0.2, -0.15) is 0 Å². The molecule has 0 fully saturated rings. The van der Waals surface area contributed by atoms with Crippen LogP contribution < -0.4 is 5.32 Å². The summed E-state index contributed by atoms with van der Waals surface area (Å²) in [4.78, 5) is 21.5. The Labute approximate surface area is 115 Å². The molecule has 1 aromatic rings. The molecule has 0 radical (unpaired) electrons. The number of nitrogens with one attached hydrogen (secondary N) is 1. The maximum atomic E-state index is 11.1. The van der Waals surface area contributed by atoms with Crippen molar-refractivity contribution in [2.75, 3.05) is 13.2 Å². The topological polar surface area (TPSA) is 81.5 Å². The third-order valence-corrected chi connectivity index (χ3v) is 2.61. The lowest BCUT2D eigenvalue weighted by Crippen LogP contribution is -2.19. The SMILES string of the molecule is CCOC(=O)CCNCc1ccc(Cl)cc1[N+](=O)[O-]. The Hall–Kier alpha value is -1.66. The molecule has 0 bridgehead atoms. The summed E-state index contributed by atoms with van der Waals surface area (Å²) >= 11 is 5.71. The zero-order valence-corrected chi connectivity index (χ0v) is 11.3. The lowest BCUT2D eigenvalue weighted by atomic mass is 10.2. The van der Waals surface area contributed by atoms with Crippen LogP contribution in [0.15, 0.2) is 18.2 Å². The average Bonchev–Trinajstić information content (AvgIpc) is 2.36. The Morgan fingerprint density at radius 2 is 2.26 bits per heavy atom. The van der Waals surface area contributed by atoms with Crippen molar-refractivity contribution in [1.82, 2.24) is 5.32 Å². The molecule has 0 aliphatic rings. The maximum Gasteiger partial charge on any atom is 0.307 e. The average molecular weight is 287 g/mol. The highest BCUT2D eigenvalue weighted by Gasteiger charge is 2.13. The molecule has 0 spiro atoms. The molecule has 7 heteroatoms. The fourth-order valence-corrected chi connectivity index (χ4v) is 1.67. The molecule has 0 aliphatic heterocycles. The number of nitro groups is 1. The van der Waals surface area contributed by atoms with Gasteiger partial charge in [-0.05, 0) is 19.1 Å². The zero-order chi connectivity index (χ0) is 14.3. The first-order valence-electron chi connectivity index (χ1n) is 5.83. The molecule has 104 valence electrons. The highest BCUT2D eigenvalue weighted by atomic mass is 35.5. The van der Waals surface area contributed by atoms with Crippen LogP contribution in [-0.4, -0.2) is 24.0 Å². The second-order valence-electron chi connectivity index (χ2n) is 3.76. The molecule has 0 aliphatic carbocycles. The molecule has 0 atom stereocenters. The molecule has 0 aromatic heterocycles. The van der Waals surface area contributed by atoms with Crippen LogP contribution in [0.2, 0.25) is 5.02 Å². The molecule has 1 N–H and O–H groups in total. The van der Waals surface area contributed by atoms with E-state index in [9.17, 15) is 14.9 Å². The summed E-state index contributed by atoms with van der Waals surface area (Å²) in [7, 11) is 0. The molecule has 0 unspecified atom stereocenters. The molecule has 1 rings (SSSR count). The minimum atomic E-state index is -0.478. The van der Waals surface area contributed by atoms with Gasteiger partial charge in [0, 0.05) is 29.7 Å². The molecule has 19 heavy (non-hydrogen) atoms. The van der Waals surface area contributed by atoms with Crippen LogP contribution in [0.3, 0.4) is 0 Å². The van der Waals surface area contributed by atoms with Gasteiger partial charge in [0.25, 0.3) is 5.69 Å². The van der Waals surface area contributed by atoms with Crippen LogP contribution in [0.1, 0.15) is 18.9 Å². The summed E-state index contributed by atoms with van der Waals surface area (Å²) < 4.78 is 4.77. The Balaban J connectivity index is 2.49. The minimum absolute atomic E-state index is 0.0314. The molecule has 0 amide bonds. The number of nitro benzene ring substituents is 1. The Morgan fingerprint density at radius 1 is 1.53 bits per heavy atom. The summed E-state index contributed by atoms with van der Waals surface area (Å²) in [6, 6.07) is 4.50. The highest BCUT2D eigenvalue weighted by molar-refractivity contribution is 6.30. The van der Waals surface area contributed by atoms with E-state index in [0.717, 1.165) is 0 Å². The third-order valence-electron chi connectivity index (χ3n) is 2.37. The van der Waals surface area contributed by atoms with Gasteiger partial charge in [-0.15, -0.1) is 0 Å². The number of hydrogen-bond donors (Lipinski definition) is 1. The largest absolute Gasteiger partial charge is 0.466 e. The van der Waals surface area contributed by atoms with Gasteiger partial charge in [0.15, 0.2) is 0 Å². The number of carbonyl (C=O) groups is 1. The van der Waals surface area contributed by atoms with Crippen LogP contribution in [0.5, 0.6) is 0 Å². The molecule has 0 saturated carbocycles. The van der Waals surface area contributed by atoms with E-state index in [4.69, 9.17) is 16.3 Å². The fourth-order valence-electron chi connectivity index (χ4n) is 1.50. The van der Waals surface area contributed by atoms with Gasteiger partial charge in [-0.3, -0.25) is 14.9 Å². The van der Waals surface area contributed by atoms with Crippen molar-refractivity contribution >= 4 is 23.3 Å². The molecular formula is C12H15ClN2O4. The summed E-state index contributed by atoms with van der Waals surface area (Å²) in [5, 5.41) is 14.1. The Bertz CT molecular complexity index is 465. The number of rotatable bonds is 7. The van der Waals surface area contributed by atoms with Crippen molar-refractivity contribution in [2.45, 2.75) is 19.9 Å². The van der Waals surface area contributed by atoms with E-state index < -0.39 is 4.92 Å². The van der Waals surface area contributed by atoms with E-state index in [1.807, 2.05) is 0 Å². The van der Waals surface area contributed by atoms with E-state index >= 15 is 0 Å². The predicted molar refractivity (Wildman–Crippen MR) is 71.1 cm³/mol. The fraction of sp³-hybridized carbons (Fsp3) is 0.417. The van der Waals surface area contributed by atoms with E-state index in [0.29, 0.717) is 30.3 Å². The second kappa shape index (κ2) is 7.70. The first kappa shape index (κ1) is 15.4. The van der Waals surface area contributed by atoms with Gasteiger partial charge in [0.2, 0.25) is 0 Å². The molecular weight excluding hydrogens is 272 g/mol. The standard InChI is InChI=1S/C12H15ClN2O4/c1-2-19-12(16)5-6-14-8-9-3-4-10(13)7-11(9)15(17)18/h3-4,7,14H,2,5-6,8H2,1H3. The normalized spacial score (nSPS) is 10.2. The van der Waals surface area contributed by atoms with Gasteiger partial charge in [0.1, 0.15) is 0 Å². The van der Waals surface area contributed by atoms with E-state index in [1.54, 1.807) is 19.1 Å². The molecule has 0 saturated heterocycles. The van der Waals surface area contributed by atoms with E-state index in [1.165, 1.54) is 6.07 Å². The van der Waals surface area contributed by atoms with Crippen LogP contribution in [0.25, 0.3) is 0 Å². The number of benzene rings is 1. The van der Waals surface area contributed by atoms with Crippen LogP contribution >= 0.6 is 11.6 Å². The van der Waals surface area contributed by atoms with Crippen molar-refractivity contribution in [3.8, 4) is 0 Å². The minimum Gasteiger partial charge on any atom is -0.466 e. The van der Waals surface area contributed by atoms with Crippen molar-refractivity contribution in [3.63, 3.8) is 0 Å². The lowest BCUT2D eigenvalue weighted by Gasteiger charge is -2.06. The number of carbonyl (C=O) groups excluding carboxylic acids is 1. The Kier molecular flexibility index (Phi) is 6.24. The Morgan fingerprint density at radius 3 is 2.89 bits per heavy atom. The summed E-state index contributed by atoms with van der Waals surface area (Å²) in [5.74, 6) is -0.291. The smallest absolute Gasteiger partial charge is 0.307 e. The molecule has 1 aromatic carbocycles. The van der Waals surface area contributed by atoms with Crippen LogP contribution in [0.4, 0.5) is 5.69 Å². The van der Waals surface area contributed by atoms with Gasteiger partial charge < -0.3 is 10.1 Å². The number of hydrogen-bond acceptors (Lipinski definition) is 5. The summed E-state index contributed by atoms with van der Waals surface area (Å²) in [6.07, 6.45) is 0.231. The van der Waals surface area contributed by atoms with Gasteiger partial charge in [-0.1, -0.05) is 11.6 Å². The predicted octanol–water partition coefficient (Wildman–Crippen LogP) is 2.29.